The number of aromatic hydroxyl groups is 1. The van der Waals surface area contributed by atoms with Crippen molar-refractivity contribution in [1.82, 2.24) is 0 Å². The smallest absolute Gasteiger partial charge is 0.330 e. The van der Waals surface area contributed by atoms with E-state index in [0.717, 1.165) is 29.5 Å². The minimum absolute atomic E-state index is 0.322. The number of carbonyl (C=O) groups excluding carboxylic acids is 1. The highest BCUT2D eigenvalue weighted by molar-refractivity contribution is 5.88. The summed E-state index contributed by atoms with van der Waals surface area (Å²) in [5.74, 6) is 0.0236. The van der Waals surface area contributed by atoms with Crippen LogP contribution in [0.5, 0.6) is 5.75 Å². The van der Waals surface area contributed by atoms with Crippen molar-refractivity contribution >= 4 is 17.6 Å². The lowest BCUT2D eigenvalue weighted by Crippen LogP contribution is -2.02. The molecule has 1 saturated carbocycles. The summed E-state index contributed by atoms with van der Waals surface area (Å²) in [5, 5.41) is 10.1. The molecule has 0 saturated heterocycles. The van der Waals surface area contributed by atoms with E-state index in [1.165, 1.54) is 47.6 Å². The van der Waals surface area contributed by atoms with E-state index in [-0.39, 0.29) is 5.97 Å². The maximum Gasteiger partial charge on any atom is 0.330 e. The van der Waals surface area contributed by atoms with Crippen LogP contribution in [0.25, 0.3) is 11.6 Å². The lowest BCUT2D eigenvalue weighted by molar-refractivity contribution is -0.137. The standard InChI is InChI=1S/C26H30O3/c1-4-29-25(28)17-12-20-10-13-22(14-11-20)26(21-8-6-5-7-9-21)23-15-16-24(27)19(3)18(23)2/h10-17,27H,4-9H2,1-3H3. The first-order valence-electron chi connectivity index (χ1n) is 10.5. The summed E-state index contributed by atoms with van der Waals surface area (Å²) < 4.78 is 4.94. The number of hydrogen-bond donors (Lipinski definition) is 1. The number of phenolic OH excluding ortho intramolecular Hbond substituents is 1. The Morgan fingerprint density at radius 1 is 1.00 bits per heavy atom. The van der Waals surface area contributed by atoms with E-state index in [1.54, 1.807) is 19.1 Å². The van der Waals surface area contributed by atoms with Gasteiger partial charge in [-0.3, -0.25) is 0 Å². The average molecular weight is 391 g/mol. The van der Waals surface area contributed by atoms with Crippen LogP contribution in [-0.2, 0) is 9.53 Å². The van der Waals surface area contributed by atoms with Gasteiger partial charge in [-0.05, 0) is 92.0 Å². The molecule has 0 amide bonds. The fourth-order valence-corrected chi connectivity index (χ4v) is 3.97. The first-order chi connectivity index (χ1) is 14.0. The third kappa shape index (κ3) is 4.97. The van der Waals surface area contributed by atoms with Gasteiger partial charge in [0.1, 0.15) is 5.75 Å². The van der Waals surface area contributed by atoms with Crippen molar-refractivity contribution in [1.29, 1.82) is 0 Å². The molecule has 0 heterocycles. The molecular weight excluding hydrogens is 360 g/mol. The molecule has 0 atom stereocenters. The number of rotatable bonds is 5. The second-order valence-corrected chi connectivity index (χ2v) is 7.63. The van der Waals surface area contributed by atoms with E-state index in [0.29, 0.717) is 12.4 Å². The molecule has 1 fully saturated rings. The Kier molecular flexibility index (Phi) is 6.92. The minimum atomic E-state index is -0.322. The van der Waals surface area contributed by atoms with E-state index in [9.17, 15) is 9.90 Å². The molecule has 1 aliphatic rings. The van der Waals surface area contributed by atoms with E-state index in [1.807, 2.05) is 25.1 Å². The van der Waals surface area contributed by atoms with Gasteiger partial charge in [-0.15, -0.1) is 0 Å². The molecule has 2 aromatic carbocycles. The summed E-state index contributed by atoms with van der Waals surface area (Å²) in [7, 11) is 0. The molecule has 152 valence electrons. The van der Waals surface area contributed by atoms with Crippen LogP contribution in [0.4, 0.5) is 0 Å². The van der Waals surface area contributed by atoms with Crippen molar-refractivity contribution in [3.63, 3.8) is 0 Å². The van der Waals surface area contributed by atoms with E-state index < -0.39 is 0 Å². The van der Waals surface area contributed by atoms with Gasteiger partial charge in [0.05, 0.1) is 6.61 Å². The Morgan fingerprint density at radius 2 is 1.69 bits per heavy atom. The maximum absolute atomic E-state index is 11.5. The Labute approximate surface area is 173 Å². The zero-order valence-corrected chi connectivity index (χ0v) is 17.6. The first-order valence-corrected chi connectivity index (χ1v) is 10.5. The van der Waals surface area contributed by atoms with Crippen LogP contribution in [0.3, 0.4) is 0 Å². The molecule has 0 bridgehead atoms. The molecule has 0 radical (unpaired) electrons. The third-order valence-corrected chi connectivity index (χ3v) is 5.74. The van der Waals surface area contributed by atoms with E-state index in [4.69, 9.17) is 4.74 Å². The number of carbonyl (C=O) groups is 1. The van der Waals surface area contributed by atoms with Crippen LogP contribution in [0.1, 0.15) is 66.8 Å². The van der Waals surface area contributed by atoms with Crippen molar-refractivity contribution in [2.75, 3.05) is 6.61 Å². The Balaban J connectivity index is 2.00. The molecule has 3 heteroatoms. The molecule has 1 aliphatic carbocycles. The normalized spacial score (nSPS) is 14.2. The molecule has 29 heavy (non-hydrogen) atoms. The third-order valence-electron chi connectivity index (χ3n) is 5.74. The summed E-state index contributed by atoms with van der Waals surface area (Å²) in [6, 6.07) is 12.2. The molecule has 3 rings (SSSR count). The molecule has 1 N–H and O–H groups in total. The second-order valence-electron chi connectivity index (χ2n) is 7.63. The quantitative estimate of drug-likeness (QED) is 0.478. The number of ether oxygens (including phenoxy) is 1. The lowest BCUT2D eigenvalue weighted by atomic mass is 9.83. The SMILES string of the molecule is CCOC(=O)C=Cc1ccc(C(=C2CCCCC2)c2ccc(O)c(C)c2C)cc1. The molecule has 0 aromatic heterocycles. The topological polar surface area (TPSA) is 46.5 Å². The fourth-order valence-electron chi connectivity index (χ4n) is 3.97. The van der Waals surface area contributed by atoms with Gasteiger partial charge in [0.25, 0.3) is 0 Å². The van der Waals surface area contributed by atoms with Crippen molar-refractivity contribution < 1.29 is 14.6 Å². The largest absolute Gasteiger partial charge is 0.508 e. The number of phenols is 1. The highest BCUT2D eigenvalue weighted by Crippen LogP contribution is 2.38. The van der Waals surface area contributed by atoms with Crippen molar-refractivity contribution in [2.45, 2.75) is 52.9 Å². The van der Waals surface area contributed by atoms with Crippen LogP contribution >= 0.6 is 0 Å². The summed E-state index contributed by atoms with van der Waals surface area (Å²) >= 11 is 0. The van der Waals surface area contributed by atoms with Gasteiger partial charge in [0.2, 0.25) is 0 Å². The molecular formula is C26H30O3. The fraction of sp³-hybridized carbons (Fsp3) is 0.346. The highest BCUT2D eigenvalue weighted by atomic mass is 16.5. The minimum Gasteiger partial charge on any atom is -0.508 e. The first kappa shape index (κ1) is 20.9. The average Bonchev–Trinajstić information content (AvgIpc) is 2.74. The molecule has 0 spiro atoms. The Bertz CT molecular complexity index is 925. The molecule has 3 nitrogen and oxygen atoms in total. The Hall–Kier alpha value is -2.81. The molecule has 0 aliphatic heterocycles. The van der Waals surface area contributed by atoms with Crippen molar-refractivity contribution in [3.8, 4) is 5.75 Å². The maximum atomic E-state index is 11.5. The van der Waals surface area contributed by atoms with Gasteiger partial charge < -0.3 is 9.84 Å². The van der Waals surface area contributed by atoms with E-state index >= 15 is 0 Å². The van der Waals surface area contributed by atoms with Gasteiger partial charge in [-0.25, -0.2) is 4.79 Å². The molecule has 2 aromatic rings. The highest BCUT2D eigenvalue weighted by Gasteiger charge is 2.18. The van der Waals surface area contributed by atoms with Crippen LogP contribution in [-0.4, -0.2) is 17.7 Å². The summed E-state index contributed by atoms with van der Waals surface area (Å²) in [6.07, 6.45) is 9.25. The van der Waals surface area contributed by atoms with E-state index in [2.05, 4.69) is 19.1 Å². The summed E-state index contributed by atoms with van der Waals surface area (Å²) in [6.45, 7) is 6.24. The predicted octanol–water partition coefficient (Wildman–Crippen LogP) is 6.35. The Morgan fingerprint density at radius 3 is 2.34 bits per heavy atom. The van der Waals surface area contributed by atoms with Crippen LogP contribution in [0.15, 0.2) is 48.0 Å². The monoisotopic (exact) mass is 390 g/mol. The van der Waals surface area contributed by atoms with Crippen LogP contribution < -0.4 is 0 Å². The number of benzene rings is 2. The van der Waals surface area contributed by atoms with Gasteiger partial charge in [-0.2, -0.15) is 0 Å². The number of allylic oxidation sites excluding steroid dienone is 1. The predicted molar refractivity (Wildman–Crippen MR) is 119 cm³/mol. The molecule has 0 unspecified atom stereocenters. The van der Waals surface area contributed by atoms with Crippen LogP contribution in [0.2, 0.25) is 0 Å². The van der Waals surface area contributed by atoms with Crippen LogP contribution in [0, 0.1) is 13.8 Å². The number of hydrogen-bond acceptors (Lipinski definition) is 3. The summed E-state index contributed by atoms with van der Waals surface area (Å²) in [5.41, 5.74) is 8.21. The zero-order valence-electron chi connectivity index (χ0n) is 17.6. The number of esters is 1. The van der Waals surface area contributed by atoms with Crippen molar-refractivity contribution in [2.24, 2.45) is 0 Å². The van der Waals surface area contributed by atoms with Gasteiger partial charge in [0, 0.05) is 6.08 Å². The second kappa shape index (κ2) is 9.60. The van der Waals surface area contributed by atoms with Gasteiger partial charge in [0.15, 0.2) is 0 Å². The van der Waals surface area contributed by atoms with Gasteiger partial charge >= 0.3 is 5.97 Å². The summed E-state index contributed by atoms with van der Waals surface area (Å²) in [4.78, 5) is 11.5. The van der Waals surface area contributed by atoms with Crippen molar-refractivity contribution in [3.05, 3.63) is 75.9 Å². The van der Waals surface area contributed by atoms with Gasteiger partial charge in [-0.1, -0.05) is 42.3 Å². The zero-order chi connectivity index (χ0) is 20.8. The lowest BCUT2D eigenvalue weighted by Gasteiger charge is -2.22.